The van der Waals surface area contributed by atoms with Crippen molar-refractivity contribution >= 4 is 22.5 Å². The summed E-state index contributed by atoms with van der Waals surface area (Å²) in [5.74, 6) is -0.303. The van der Waals surface area contributed by atoms with E-state index in [0.717, 1.165) is 37.0 Å². The zero-order chi connectivity index (χ0) is 33.9. The highest BCUT2D eigenvalue weighted by Gasteiger charge is 2.46. The first kappa shape index (κ1) is 32.5. The van der Waals surface area contributed by atoms with Gasteiger partial charge in [-0.1, -0.05) is 0 Å². The van der Waals surface area contributed by atoms with E-state index in [0.29, 0.717) is 41.4 Å². The predicted molar refractivity (Wildman–Crippen MR) is 188 cm³/mol. The van der Waals surface area contributed by atoms with E-state index < -0.39 is 5.82 Å². The van der Waals surface area contributed by atoms with Crippen molar-refractivity contribution in [3.63, 3.8) is 0 Å². The van der Waals surface area contributed by atoms with Gasteiger partial charge in [-0.2, -0.15) is 5.10 Å². The minimum Gasteiger partial charge on any atom is -0.393 e. The summed E-state index contributed by atoms with van der Waals surface area (Å²) < 4.78 is 19.7. The summed E-state index contributed by atoms with van der Waals surface area (Å²) in [6.45, 7) is 8.82. The Bertz CT molecular complexity index is 1840. The number of Topliss-reactive ketones (excluding diaryl/α,β-unsaturated/α-hetero) is 1. The number of carbonyl (C=O) groups excluding carboxylic acids is 1. The van der Waals surface area contributed by atoms with E-state index in [9.17, 15) is 9.90 Å². The van der Waals surface area contributed by atoms with Gasteiger partial charge in [0.1, 0.15) is 11.5 Å². The van der Waals surface area contributed by atoms with Crippen LogP contribution in [-0.4, -0.2) is 103 Å². The number of likely N-dealkylation sites (tertiary alicyclic amines) is 2. The molecule has 1 N–H and O–H groups in total. The van der Waals surface area contributed by atoms with Gasteiger partial charge in [0, 0.05) is 68.5 Å². The highest BCUT2D eigenvalue weighted by molar-refractivity contribution is 5.99. The van der Waals surface area contributed by atoms with Crippen LogP contribution in [-0.2, 0) is 13.5 Å². The van der Waals surface area contributed by atoms with Crippen molar-refractivity contribution < 1.29 is 14.3 Å². The number of aliphatic hydroxyl groups is 1. The van der Waals surface area contributed by atoms with Crippen LogP contribution in [0.2, 0.25) is 0 Å². The second-order valence-electron chi connectivity index (χ2n) is 15.4. The van der Waals surface area contributed by atoms with Gasteiger partial charge in [-0.25, -0.2) is 14.4 Å². The second kappa shape index (κ2) is 12.9. The molecule has 0 unspecified atom stereocenters. The second-order valence-corrected chi connectivity index (χ2v) is 15.4. The fraction of sp³-hybridized carbons (Fsp3) is 0.579. The van der Waals surface area contributed by atoms with Crippen LogP contribution in [0.15, 0.2) is 36.7 Å². The monoisotopic (exact) mass is 668 g/mol. The molecule has 0 radical (unpaired) electrons. The molecule has 3 saturated heterocycles. The molecular formula is C38H49FN8O2. The average molecular weight is 669 g/mol. The standard InChI is InChI=1S/C38H49FN8O2/c1-25-18-31(36(39)37(41-25)26-21-40-44(3)22-26)34(49)20-35-42-32-9-6-29(19-33(32)47(35)28-4-7-30(48)8-5-28)45-14-10-27(11-15-45)46-23-38(24-46)12-16-43(2)17-13-38/h6,9,18-19,21-22,27-28,30,48H,4-5,7-8,10-17,20,23-24H2,1-3H3. The van der Waals surface area contributed by atoms with Crippen molar-refractivity contribution in [3.8, 4) is 11.3 Å². The highest BCUT2D eigenvalue weighted by atomic mass is 19.1. The third-order valence-electron chi connectivity index (χ3n) is 11.9. The number of hydrogen-bond donors (Lipinski definition) is 1. The van der Waals surface area contributed by atoms with Crippen molar-refractivity contribution in [2.75, 3.05) is 51.2 Å². The molecular weight excluding hydrogens is 619 g/mol. The topological polar surface area (TPSA) is 95.5 Å². The lowest BCUT2D eigenvalue weighted by Crippen LogP contribution is -2.63. The highest BCUT2D eigenvalue weighted by Crippen LogP contribution is 2.43. The molecule has 11 heteroatoms. The van der Waals surface area contributed by atoms with Gasteiger partial charge in [-0.3, -0.25) is 14.4 Å². The maximum Gasteiger partial charge on any atom is 0.173 e. The van der Waals surface area contributed by atoms with Crippen LogP contribution < -0.4 is 4.90 Å². The molecule has 0 bridgehead atoms. The van der Waals surface area contributed by atoms with Gasteiger partial charge in [-0.15, -0.1) is 0 Å². The van der Waals surface area contributed by atoms with Gasteiger partial charge >= 0.3 is 0 Å². The van der Waals surface area contributed by atoms with E-state index >= 15 is 4.39 Å². The number of imidazole rings is 1. The van der Waals surface area contributed by atoms with Gasteiger partial charge in [0.25, 0.3) is 0 Å². The lowest BCUT2D eigenvalue weighted by Gasteiger charge is -2.57. The molecule has 6 heterocycles. The molecule has 4 aromatic rings. The van der Waals surface area contributed by atoms with Gasteiger partial charge < -0.3 is 19.5 Å². The number of aliphatic hydroxyl groups excluding tert-OH is 1. The molecule has 1 aliphatic carbocycles. The summed E-state index contributed by atoms with van der Waals surface area (Å²) in [5.41, 5.74) is 4.87. The number of piperidine rings is 2. The molecule has 3 aliphatic heterocycles. The Morgan fingerprint density at radius 1 is 0.959 bits per heavy atom. The van der Waals surface area contributed by atoms with Crippen molar-refractivity contribution in [1.29, 1.82) is 0 Å². The lowest BCUT2D eigenvalue weighted by molar-refractivity contribution is -0.0704. The van der Waals surface area contributed by atoms with E-state index in [-0.39, 0.29) is 35.6 Å². The van der Waals surface area contributed by atoms with Crippen LogP contribution in [0.3, 0.4) is 0 Å². The molecule has 4 fully saturated rings. The van der Waals surface area contributed by atoms with Crippen molar-refractivity contribution in [1.82, 2.24) is 34.1 Å². The number of nitrogens with zero attached hydrogens (tertiary/aromatic N) is 8. The van der Waals surface area contributed by atoms with Crippen LogP contribution >= 0.6 is 0 Å². The number of ketones is 1. The Balaban J connectivity index is 1.03. The van der Waals surface area contributed by atoms with Crippen LogP contribution in [0.25, 0.3) is 22.3 Å². The number of pyridine rings is 1. The fourth-order valence-electron chi connectivity index (χ4n) is 8.98. The number of aromatic nitrogens is 5. The molecule has 260 valence electrons. The minimum atomic E-state index is -0.627. The average Bonchev–Trinajstić information content (AvgIpc) is 3.68. The number of halogens is 1. The van der Waals surface area contributed by atoms with Gasteiger partial charge in [0.15, 0.2) is 11.6 Å². The van der Waals surface area contributed by atoms with Crippen LogP contribution in [0.4, 0.5) is 10.1 Å². The summed E-state index contributed by atoms with van der Waals surface area (Å²) in [4.78, 5) is 31.0. The van der Waals surface area contributed by atoms with Crippen LogP contribution in [0.5, 0.6) is 0 Å². The normalized spacial score (nSPS) is 23.7. The van der Waals surface area contributed by atoms with E-state index in [1.54, 1.807) is 31.0 Å². The summed E-state index contributed by atoms with van der Waals surface area (Å²) in [6, 6.07) is 8.81. The minimum absolute atomic E-state index is 0.0189. The molecule has 1 saturated carbocycles. The molecule has 1 spiro atoms. The first-order valence-electron chi connectivity index (χ1n) is 18.2. The summed E-state index contributed by atoms with van der Waals surface area (Å²) in [6.07, 6.45) is 11.0. The Kier molecular flexibility index (Phi) is 8.56. The fourth-order valence-corrected chi connectivity index (χ4v) is 8.98. The summed E-state index contributed by atoms with van der Waals surface area (Å²) >= 11 is 0. The third-order valence-corrected chi connectivity index (χ3v) is 11.9. The van der Waals surface area contributed by atoms with E-state index in [1.165, 1.54) is 63.6 Å². The largest absolute Gasteiger partial charge is 0.393 e. The number of anilines is 1. The first-order valence-corrected chi connectivity index (χ1v) is 18.2. The smallest absolute Gasteiger partial charge is 0.173 e. The number of rotatable bonds is 7. The number of benzene rings is 1. The summed E-state index contributed by atoms with van der Waals surface area (Å²) in [5, 5.41) is 14.5. The van der Waals surface area contributed by atoms with Crippen LogP contribution in [0, 0.1) is 18.2 Å². The molecule has 3 aromatic heterocycles. The maximum absolute atomic E-state index is 15.9. The van der Waals surface area contributed by atoms with E-state index in [2.05, 4.69) is 54.6 Å². The predicted octanol–water partition coefficient (Wildman–Crippen LogP) is 5.18. The van der Waals surface area contributed by atoms with E-state index in [1.807, 2.05) is 0 Å². The quantitative estimate of drug-likeness (QED) is 0.270. The van der Waals surface area contributed by atoms with Crippen molar-refractivity contribution in [3.05, 3.63) is 59.6 Å². The molecule has 49 heavy (non-hydrogen) atoms. The number of fused-ring (bicyclic) bond motifs is 1. The Labute approximate surface area is 287 Å². The SMILES string of the molecule is Cc1cc(C(=O)Cc2nc3ccc(N4CCC(N5CC6(CCN(C)CC6)C5)CC4)cc3n2C2CCC(O)CC2)c(F)c(-c2cnn(C)c2)n1. The molecule has 0 atom stereocenters. The van der Waals surface area contributed by atoms with E-state index in [4.69, 9.17) is 4.98 Å². The zero-order valence-corrected chi connectivity index (χ0v) is 29.1. The Morgan fingerprint density at radius 3 is 2.39 bits per heavy atom. The molecule has 0 amide bonds. The lowest BCUT2D eigenvalue weighted by atomic mass is 9.71. The Morgan fingerprint density at radius 2 is 1.69 bits per heavy atom. The third kappa shape index (κ3) is 6.30. The zero-order valence-electron chi connectivity index (χ0n) is 29.1. The van der Waals surface area contributed by atoms with Gasteiger partial charge in [-0.05, 0) is 108 Å². The van der Waals surface area contributed by atoms with Gasteiger partial charge in [0.2, 0.25) is 0 Å². The summed E-state index contributed by atoms with van der Waals surface area (Å²) in [7, 11) is 4.01. The maximum atomic E-state index is 15.9. The molecule has 10 nitrogen and oxygen atoms in total. The number of aryl methyl sites for hydroxylation is 2. The molecule has 8 rings (SSSR count). The number of carbonyl (C=O) groups is 1. The first-order chi connectivity index (χ1) is 23.6. The number of hydrogen-bond acceptors (Lipinski definition) is 8. The van der Waals surface area contributed by atoms with Gasteiger partial charge in [0.05, 0.1) is 35.3 Å². The van der Waals surface area contributed by atoms with Crippen LogP contribution in [0.1, 0.15) is 79.3 Å². The molecule has 1 aromatic carbocycles. The molecule has 4 aliphatic rings. The Hall–Kier alpha value is -3.67. The van der Waals surface area contributed by atoms with Crippen molar-refractivity contribution in [2.45, 2.75) is 82.9 Å². The van der Waals surface area contributed by atoms with Crippen molar-refractivity contribution in [2.24, 2.45) is 12.5 Å².